The average molecular weight is 196 g/mol. The van der Waals surface area contributed by atoms with Crippen molar-refractivity contribution >= 4 is 5.69 Å². The molecule has 1 aliphatic rings. The van der Waals surface area contributed by atoms with Crippen molar-refractivity contribution in [3.05, 3.63) is 22.0 Å². The highest BCUT2D eigenvalue weighted by molar-refractivity contribution is 5.35. The summed E-state index contributed by atoms with van der Waals surface area (Å²) in [4.78, 5) is 10.2. The fourth-order valence-corrected chi connectivity index (χ4v) is 1.48. The number of aryl methyl sites for hydroxylation is 1. The first-order valence-electron chi connectivity index (χ1n) is 4.46. The van der Waals surface area contributed by atoms with Crippen molar-refractivity contribution < 1.29 is 4.92 Å². The third-order valence-corrected chi connectivity index (χ3v) is 2.65. The molecule has 0 spiro atoms. The van der Waals surface area contributed by atoms with Gasteiger partial charge in [-0.05, 0) is 12.8 Å². The van der Waals surface area contributed by atoms with Crippen LogP contribution in [0, 0.1) is 10.1 Å². The largest absolute Gasteiger partial charge is 0.325 e. The molecule has 1 fully saturated rings. The monoisotopic (exact) mass is 196 g/mol. The van der Waals surface area contributed by atoms with Gasteiger partial charge in [-0.25, -0.2) is 0 Å². The van der Waals surface area contributed by atoms with Crippen molar-refractivity contribution in [1.82, 2.24) is 9.78 Å². The molecule has 1 heterocycles. The molecule has 0 saturated heterocycles. The SMILES string of the molecule is Cn1ncc([N+](=O)[O-])c1CC1(N)CC1. The first-order valence-corrected chi connectivity index (χ1v) is 4.46. The van der Waals surface area contributed by atoms with Crippen LogP contribution in [0.25, 0.3) is 0 Å². The van der Waals surface area contributed by atoms with Crippen LogP contribution in [0.15, 0.2) is 6.20 Å². The lowest BCUT2D eigenvalue weighted by Gasteiger charge is -2.07. The molecular formula is C8H12N4O2. The predicted molar refractivity (Wildman–Crippen MR) is 49.7 cm³/mol. The van der Waals surface area contributed by atoms with E-state index in [2.05, 4.69) is 5.10 Å². The van der Waals surface area contributed by atoms with Gasteiger partial charge in [-0.2, -0.15) is 5.10 Å². The van der Waals surface area contributed by atoms with Crippen LogP contribution >= 0.6 is 0 Å². The minimum atomic E-state index is -0.409. The van der Waals surface area contributed by atoms with Gasteiger partial charge in [0.15, 0.2) is 0 Å². The van der Waals surface area contributed by atoms with Crippen LogP contribution in [0.2, 0.25) is 0 Å². The van der Waals surface area contributed by atoms with Gasteiger partial charge in [0.1, 0.15) is 11.9 Å². The number of rotatable bonds is 3. The van der Waals surface area contributed by atoms with E-state index in [9.17, 15) is 10.1 Å². The number of hydrogen-bond donors (Lipinski definition) is 1. The van der Waals surface area contributed by atoms with Gasteiger partial charge in [0.05, 0.1) is 4.92 Å². The Balaban J connectivity index is 2.30. The van der Waals surface area contributed by atoms with E-state index < -0.39 is 4.92 Å². The van der Waals surface area contributed by atoms with Crippen LogP contribution in [0.3, 0.4) is 0 Å². The second-order valence-electron chi connectivity index (χ2n) is 3.90. The molecule has 1 aromatic rings. The van der Waals surface area contributed by atoms with Crippen molar-refractivity contribution in [2.45, 2.75) is 24.8 Å². The van der Waals surface area contributed by atoms with E-state index in [0.717, 1.165) is 12.8 Å². The van der Waals surface area contributed by atoms with Gasteiger partial charge in [-0.15, -0.1) is 0 Å². The van der Waals surface area contributed by atoms with E-state index in [1.54, 1.807) is 7.05 Å². The van der Waals surface area contributed by atoms with Gasteiger partial charge >= 0.3 is 5.69 Å². The summed E-state index contributed by atoms with van der Waals surface area (Å²) in [7, 11) is 1.70. The standard InChI is InChI=1S/C8H12N4O2/c1-11-6(4-8(9)2-3-8)7(5-10-11)12(13)14/h5H,2-4,9H2,1H3. The van der Waals surface area contributed by atoms with Gasteiger partial charge in [-0.3, -0.25) is 14.8 Å². The third-order valence-electron chi connectivity index (χ3n) is 2.65. The molecule has 0 aromatic carbocycles. The van der Waals surface area contributed by atoms with Crippen LogP contribution in [-0.2, 0) is 13.5 Å². The molecule has 2 rings (SSSR count). The summed E-state index contributed by atoms with van der Waals surface area (Å²) in [5.41, 5.74) is 6.38. The number of hydrogen-bond acceptors (Lipinski definition) is 4. The van der Waals surface area contributed by atoms with Crippen molar-refractivity contribution in [3.8, 4) is 0 Å². The van der Waals surface area contributed by atoms with Crippen LogP contribution in [0.4, 0.5) is 5.69 Å². The molecule has 1 saturated carbocycles. The topological polar surface area (TPSA) is 87.0 Å². The van der Waals surface area contributed by atoms with Crippen molar-refractivity contribution in [2.75, 3.05) is 0 Å². The lowest BCUT2D eigenvalue weighted by molar-refractivity contribution is -0.385. The highest BCUT2D eigenvalue weighted by Gasteiger charge is 2.40. The third kappa shape index (κ3) is 1.48. The lowest BCUT2D eigenvalue weighted by Crippen LogP contribution is -2.26. The first kappa shape index (κ1) is 9.14. The summed E-state index contributed by atoms with van der Waals surface area (Å²) in [5.74, 6) is 0. The van der Waals surface area contributed by atoms with Gasteiger partial charge < -0.3 is 5.73 Å². The minimum Gasteiger partial charge on any atom is -0.325 e. The van der Waals surface area contributed by atoms with E-state index in [-0.39, 0.29) is 11.2 Å². The maximum absolute atomic E-state index is 10.7. The molecule has 6 nitrogen and oxygen atoms in total. The molecule has 1 aromatic heterocycles. The predicted octanol–water partition coefficient (Wildman–Crippen LogP) is 0.362. The Morgan fingerprint density at radius 3 is 2.93 bits per heavy atom. The van der Waals surface area contributed by atoms with Gasteiger partial charge in [0.2, 0.25) is 0 Å². The summed E-state index contributed by atoms with van der Waals surface area (Å²) in [6, 6.07) is 0. The molecule has 0 aliphatic heterocycles. The summed E-state index contributed by atoms with van der Waals surface area (Å²) < 4.78 is 1.53. The van der Waals surface area contributed by atoms with Crippen LogP contribution < -0.4 is 5.73 Å². The zero-order chi connectivity index (χ0) is 10.3. The van der Waals surface area contributed by atoms with Gasteiger partial charge in [0, 0.05) is 19.0 Å². The molecule has 0 atom stereocenters. The van der Waals surface area contributed by atoms with Crippen LogP contribution in [-0.4, -0.2) is 20.2 Å². The second-order valence-corrected chi connectivity index (χ2v) is 3.90. The Bertz CT molecular complexity index is 381. The van der Waals surface area contributed by atoms with Crippen molar-refractivity contribution in [1.29, 1.82) is 0 Å². The molecular weight excluding hydrogens is 184 g/mol. The van der Waals surface area contributed by atoms with Crippen molar-refractivity contribution in [2.24, 2.45) is 12.8 Å². The molecule has 2 N–H and O–H groups in total. The fourth-order valence-electron chi connectivity index (χ4n) is 1.48. The fraction of sp³-hybridized carbons (Fsp3) is 0.625. The number of nitrogens with zero attached hydrogens (tertiary/aromatic N) is 3. The Labute approximate surface area is 80.9 Å². The van der Waals surface area contributed by atoms with E-state index in [0.29, 0.717) is 12.1 Å². The van der Waals surface area contributed by atoms with Gasteiger partial charge in [-0.1, -0.05) is 0 Å². The average Bonchev–Trinajstić information content (AvgIpc) is 2.70. The number of nitrogens with two attached hydrogens (primary N) is 1. The van der Waals surface area contributed by atoms with Gasteiger partial charge in [0.25, 0.3) is 0 Å². The Hall–Kier alpha value is -1.43. The zero-order valence-electron chi connectivity index (χ0n) is 7.93. The lowest BCUT2D eigenvalue weighted by atomic mass is 10.1. The molecule has 76 valence electrons. The van der Waals surface area contributed by atoms with Crippen molar-refractivity contribution in [3.63, 3.8) is 0 Å². The molecule has 0 radical (unpaired) electrons. The summed E-state index contributed by atoms with van der Waals surface area (Å²) >= 11 is 0. The maximum atomic E-state index is 10.7. The Kier molecular flexibility index (Phi) is 1.81. The zero-order valence-corrected chi connectivity index (χ0v) is 7.93. The molecule has 1 aliphatic carbocycles. The van der Waals surface area contributed by atoms with E-state index in [4.69, 9.17) is 5.73 Å². The smallest absolute Gasteiger partial charge is 0.310 e. The number of aromatic nitrogens is 2. The van der Waals surface area contributed by atoms with E-state index >= 15 is 0 Å². The molecule has 14 heavy (non-hydrogen) atoms. The molecule has 6 heteroatoms. The van der Waals surface area contributed by atoms with E-state index in [1.807, 2.05) is 0 Å². The summed E-state index contributed by atoms with van der Waals surface area (Å²) in [6.45, 7) is 0. The number of nitro groups is 1. The molecule has 0 bridgehead atoms. The Morgan fingerprint density at radius 2 is 2.43 bits per heavy atom. The molecule has 0 amide bonds. The normalized spacial score (nSPS) is 18.1. The van der Waals surface area contributed by atoms with E-state index in [1.165, 1.54) is 10.9 Å². The Morgan fingerprint density at radius 1 is 1.79 bits per heavy atom. The highest BCUT2D eigenvalue weighted by Crippen LogP contribution is 2.37. The van der Waals surface area contributed by atoms with Crippen LogP contribution in [0.5, 0.6) is 0 Å². The van der Waals surface area contributed by atoms with Crippen LogP contribution in [0.1, 0.15) is 18.5 Å². The summed E-state index contributed by atoms with van der Waals surface area (Å²) in [6.07, 6.45) is 3.70. The quantitative estimate of drug-likeness (QED) is 0.558. The molecule has 0 unspecified atom stereocenters. The second kappa shape index (κ2) is 2.78. The minimum absolute atomic E-state index is 0.0734. The highest BCUT2D eigenvalue weighted by atomic mass is 16.6. The summed E-state index contributed by atoms with van der Waals surface area (Å²) in [5, 5.41) is 14.5. The first-order chi connectivity index (χ1) is 6.52. The maximum Gasteiger partial charge on any atom is 0.310 e.